The maximum absolute atomic E-state index is 5.30. The fourth-order valence-electron chi connectivity index (χ4n) is 4.58. The lowest BCUT2D eigenvalue weighted by atomic mass is 9.67. The van der Waals surface area contributed by atoms with Crippen molar-refractivity contribution in [3.8, 4) is 0 Å². The van der Waals surface area contributed by atoms with Crippen LogP contribution in [0, 0.1) is 5.41 Å². The van der Waals surface area contributed by atoms with Gasteiger partial charge in [0.15, 0.2) is 5.96 Å². The monoisotopic (exact) mass is 400 g/mol. The summed E-state index contributed by atoms with van der Waals surface area (Å²) in [7, 11) is 3.64. The second-order valence-corrected chi connectivity index (χ2v) is 9.01. The fourth-order valence-corrected chi connectivity index (χ4v) is 4.58. The Morgan fingerprint density at radius 1 is 1.14 bits per heavy atom. The van der Waals surface area contributed by atoms with Crippen LogP contribution in [0.5, 0.6) is 0 Å². The van der Waals surface area contributed by atoms with Crippen LogP contribution < -0.4 is 10.6 Å². The molecule has 1 aliphatic heterocycles. The third kappa shape index (κ3) is 6.45. The normalized spacial score (nSPS) is 22.2. The molecule has 2 fully saturated rings. The Kier molecular flexibility index (Phi) is 8.37. The highest BCUT2D eigenvalue weighted by atomic mass is 16.5. The molecule has 0 radical (unpaired) electrons. The van der Waals surface area contributed by atoms with E-state index in [1.54, 1.807) is 7.11 Å². The van der Waals surface area contributed by atoms with E-state index in [2.05, 4.69) is 51.7 Å². The Bertz CT molecular complexity index is 639. The molecule has 1 aromatic carbocycles. The Balaban J connectivity index is 1.43. The van der Waals surface area contributed by atoms with Gasteiger partial charge in [0.25, 0.3) is 0 Å². The van der Waals surface area contributed by atoms with Crippen LogP contribution in [0.15, 0.2) is 29.3 Å². The third-order valence-corrected chi connectivity index (χ3v) is 6.91. The number of nitrogens with one attached hydrogen (secondary N) is 2. The van der Waals surface area contributed by atoms with Gasteiger partial charge in [-0.15, -0.1) is 0 Å². The highest BCUT2D eigenvalue weighted by Crippen LogP contribution is 2.43. The number of ether oxygens (including phenoxy) is 1. The molecule has 3 rings (SSSR count). The first kappa shape index (κ1) is 22.1. The molecule has 0 bridgehead atoms. The van der Waals surface area contributed by atoms with Crippen molar-refractivity contribution in [1.82, 2.24) is 15.5 Å². The van der Waals surface area contributed by atoms with E-state index in [4.69, 9.17) is 4.74 Å². The molecule has 0 aromatic heterocycles. The zero-order valence-corrected chi connectivity index (χ0v) is 18.7. The van der Waals surface area contributed by atoms with Crippen molar-refractivity contribution in [2.75, 3.05) is 33.9 Å². The molecular weight excluding hydrogens is 360 g/mol. The number of likely N-dealkylation sites (tertiary alicyclic amines) is 1. The lowest BCUT2D eigenvalue weighted by Crippen LogP contribution is -2.46. The van der Waals surface area contributed by atoms with E-state index in [0.29, 0.717) is 11.5 Å². The van der Waals surface area contributed by atoms with Crippen molar-refractivity contribution >= 4 is 5.96 Å². The first-order valence-corrected chi connectivity index (χ1v) is 11.4. The summed E-state index contributed by atoms with van der Waals surface area (Å²) in [6.45, 7) is 7.28. The summed E-state index contributed by atoms with van der Waals surface area (Å²) in [5.41, 5.74) is 3.09. The molecule has 1 atom stereocenters. The molecule has 2 N–H and O–H groups in total. The van der Waals surface area contributed by atoms with Crippen LogP contribution in [0.2, 0.25) is 0 Å². The Hall–Kier alpha value is -1.59. The lowest BCUT2D eigenvalue weighted by Gasteiger charge is -2.42. The smallest absolute Gasteiger partial charge is 0.191 e. The van der Waals surface area contributed by atoms with E-state index >= 15 is 0 Å². The molecule has 1 unspecified atom stereocenters. The molecule has 29 heavy (non-hydrogen) atoms. The first-order valence-electron chi connectivity index (χ1n) is 11.4. The SMILES string of the molecule is CN=C(NCc1ccc(CN2CCCCC2C)cc1)NCC1(CCOC)CCC1. The summed E-state index contributed by atoms with van der Waals surface area (Å²) in [4.78, 5) is 7.02. The third-order valence-electron chi connectivity index (χ3n) is 6.91. The topological polar surface area (TPSA) is 48.9 Å². The maximum atomic E-state index is 5.30. The number of aliphatic imine (C=N–C) groups is 1. The van der Waals surface area contributed by atoms with Gasteiger partial charge in [0, 0.05) is 46.4 Å². The second kappa shape index (κ2) is 11.0. The summed E-state index contributed by atoms with van der Waals surface area (Å²) >= 11 is 0. The number of guanidine groups is 1. The van der Waals surface area contributed by atoms with Crippen LogP contribution in [-0.2, 0) is 17.8 Å². The van der Waals surface area contributed by atoms with Crippen LogP contribution in [0.3, 0.4) is 0 Å². The predicted octanol–water partition coefficient (Wildman–Crippen LogP) is 3.93. The molecule has 1 aromatic rings. The van der Waals surface area contributed by atoms with Gasteiger partial charge in [-0.1, -0.05) is 37.1 Å². The molecule has 1 heterocycles. The molecule has 5 heteroatoms. The van der Waals surface area contributed by atoms with Crippen LogP contribution in [0.25, 0.3) is 0 Å². The van der Waals surface area contributed by atoms with E-state index in [9.17, 15) is 0 Å². The van der Waals surface area contributed by atoms with Gasteiger partial charge in [-0.2, -0.15) is 0 Å². The molecule has 5 nitrogen and oxygen atoms in total. The van der Waals surface area contributed by atoms with Crippen LogP contribution >= 0.6 is 0 Å². The highest BCUT2D eigenvalue weighted by Gasteiger charge is 2.36. The second-order valence-electron chi connectivity index (χ2n) is 9.01. The van der Waals surface area contributed by atoms with E-state index in [-0.39, 0.29) is 0 Å². The molecule has 2 aliphatic rings. The lowest BCUT2D eigenvalue weighted by molar-refractivity contribution is 0.0732. The molecular formula is C24H40N4O. The quantitative estimate of drug-likeness (QED) is 0.487. The van der Waals surface area contributed by atoms with Crippen molar-refractivity contribution in [1.29, 1.82) is 0 Å². The van der Waals surface area contributed by atoms with Gasteiger partial charge < -0.3 is 15.4 Å². The number of methoxy groups -OCH3 is 1. The van der Waals surface area contributed by atoms with E-state index in [0.717, 1.165) is 38.6 Å². The molecule has 1 saturated heterocycles. The summed E-state index contributed by atoms with van der Waals surface area (Å²) in [6.07, 6.45) is 9.09. The summed E-state index contributed by atoms with van der Waals surface area (Å²) in [5, 5.41) is 7.01. The minimum atomic E-state index is 0.390. The summed E-state index contributed by atoms with van der Waals surface area (Å²) < 4.78 is 5.30. The van der Waals surface area contributed by atoms with Crippen LogP contribution in [0.1, 0.15) is 63.0 Å². The standard InChI is InChI=1S/C24H40N4O/c1-20-7-4-5-15-28(20)18-22-10-8-21(9-11-22)17-26-23(25-2)27-19-24(12-6-13-24)14-16-29-3/h8-11,20H,4-7,12-19H2,1-3H3,(H2,25,26,27). The van der Waals surface area contributed by atoms with Crippen molar-refractivity contribution in [3.05, 3.63) is 35.4 Å². The van der Waals surface area contributed by atoms with Crippen molar-refractivity contribution in [3.63, 3.8) is 0 Å². The van der Waals surface area contributed by atoms with Gasteiger partial charge in [0.05, 0.1) is 0 Å². The van der Waals surface area contributed by atoms with E-state index < -0.39 is 0 Å². The van der Waals surface area contributed by atoms with Crippen LogP contribution in [0.4, 0.5) is 0 Å². The van der Waals surface area contributed by atoms with E-state index in [1.807, 2.05) is 7.05 Å². The van der Waals surface area contributed by atoms with Gasteiger partial charge >= 0.3 is 0 Å². The Morgan fingerprint density at radius 3 is 2.52 bits per heavy atom. The minimum absolute atomic E-state index is 0.390. The number of hydrogen-bond donors (Lipinski definition) is 2. The van der Waals surface area contributed by atoms with Gasteiger partial charge in [-0.25, -0.2) is 0 Å². The minimum Gasteiger partial charge on any atom is -0.385 e. The van der Waals surface area contributed by atoms with Crippen molar-refractivity contribution in [2.45, 2.75) is 71.0 Å². The fraction of sp³-hybridized carbons (Fsp3) is 0.708. The van der Waals surface area contributed by atoms with Gasteiger partial charge in [0.1, 0.15) is 0 Å². The van der Waals surface area contributed by atoms with Crippen LogP contribution in [-0.4, -0.2) is 50.8 Å². The number of nitrogens with zero attached hydrogens (tertiary/aromatic N) is 2. The Morgan fingerprint density at radius 2 is 1.90 bits per heavy atom. The number of hydrogen-bond acceptors (Lipinski definition) is 3. The summed E-state index contributed by atoms with van der Waals surface area (Å²) in [6, 6.07) is 9.76. The molecule has 1 saturated carbocycles. The number of benzene rings is 1. The number of piperidine rings is 1. The predicted molar refractivity (Wildman–Crippen MR) is 121 cm³/mol. The largest absolute Gasteiger partial charge is 0.385 e. The van der Waals surface area contributed by atoms with Gasteiger partial charge in [0.2, 0.25) is 0 Å². The van der Waals surface area contributed by atoms with Gasteiger partial charge in [-0.3, -0.25) is 9.89 Å². The zero-order chi connectivity index (χ0) is 20.5. The average Bonchev–Trinajstić information content (AvgIpc) is 2.72. The highest BCUT2D eigenvalue weighted by molar-refractivity contribution is 5.79. The first-order chi connectivity index (χ1) is 14.1. The number of rotatable bonds is 9. The molecule has 1 aliphatic carbocycles. The van der Waals surface area contributed by atoms with Crippen molar-refractivity contribution in [2.24, 2.45) is 10.4 Å². The Labute approximate surface area is 177 Å². The molecule has 0 amide bonds. The molecule has 162 valence electrons. The average molecular weight is 401 g/mol. The molecule has 0 spiro atoms. The van der Waals surface area contributed by atoms with E-state index in [1.165, 1.54) is 56.2 Å². The van der Waals surface area contributed by atoms with Crippen molar-refractivity contribution < 1.29 is 4.74 Å². The summed E-state index contributed by atoms with van der Waals surface area (Å²) in [5.74, 6) is 0.889. The van der Waals surface area contributed by atoms with Gasteiger partial charge in [-0.05, 0) is 62.1 Å². The zero-order valence-electron chi connectivity index (χ0n) is 18.7. The maximum Gasteiger partial charge on any atom is 0.191 e.